The van der Waals surface area contributed by atoms with E-state index in [1.165, 1.54) is 0 Å². The summed E-state index contributed by atoms with van der Waals surface area (Å²) in [5.74, 6) is -0.124. The van der Waals surface area contributed by atoms with Gasteiger partial charge in [0.15, 0.2) is 0 Å². The summed E-state index contributed by atoms with van der Waals surface area (Å²) >= 11 is 0. The Hall–Kier alpha value is -2.01. The van der Waals surface area contributed by atoms with Crippen molar-refractivity contribution in [1.82, 2.24) is 10.2 Å². The van der Waals surface area contributed by atoms with Gasteiger partial charge in [0.2, 0.25) is 5.91 Å². The van der Waals surface area contributed by atoms with E-state index in [-0.39, 0.29) is 11.9 Å². The number of carbonyl (C=O) groups is 3. The molecule has 5 heteroatoms. The predicted molar refractivity (Wildman–Crippen MR) is 92.5 cm³/mol. The van der Waals surface area contributed by atoms with Crippen LogP contribution in [0.15, 0.2) is 18.2 Å². The fraction of sp³-hybridized carbons (Fsp3) is 0.500. The third-order valence-electron chi connectivity index (χ3n) is 3.62. The molecule has 0 aromatic heterocycles. The molecule has 1 amide bonds. The van der Waals surface area contributed by atoms with Crippen LogP contribution in [0.25, 0.3) is 0 Å². The Morgan fingerprint density at radius 2 is 1.96 bits per heavy atom. The summed E-state index contributed by atoms with van der Waals surface area (Å²) in [7, 11) is 3.40. The minimum atomic E-state index is -0.390. The van der Waals surface area contributed by atoms with Crippen LogP contribution in [0.5, 0.6) is 0 Å². The zero-order chi connectivity index (χ0) is 17.8. The van der Waals surface area contributed by atoms with Crippen molar-refractivity contribution in [2.75, 3.05) is 14.1 Å². The van der Waals surface area contributed by atoms with E-state index in [4.69, 9.17) is 0 Å². The van der Waals surface area contributed by atoms with Crippen LogP contribution in [0.4, 0.5) is 0 Å². The molecule has 0 bridgehead atoms. The number of amides is 1. The zero-order valence-electron chi connectivity index (χ0n) is 14.8. The van der Waals surface area contributed by atoms with Crippen LogP contribution in [0, 0.1) is 6.92 Å². The first kappa shape index (κ1) is 21.0. The second kappa shape index (κ2) is 11.5. The van der Waals surface area contributed by atoms with Crippen LogP contribution in [-0.4, -0.2) is 43.5 Å². The summed E-state index contributed by atoms with van der Waals surface area (Å²) in [6.45, 7) is 6.42. The van der Waals surface area contributed by atoms with Gasteiger partial charge in [0.05, 0.1) is 6.04 Å². The largest absolute Gasteiger partial charge is 0.358 e. The molecular weight excluding hydrogens is 292 g/mol. The van der Waals surface area contributed by atoms with Crippen molar-refractivity contribution in [3.63, 3.8) is 0 Å². The van der Waals surface area contributed by atoms with Gasteiger partial charge in [0.25, 0.3) is 0 Å². The number of nitrogens with one attached hydrogen (secondary N) is 1. The molecule has 1 atom stereocenters. The Kier molecular flexibility index (Phi) is 10.5. The third kappa shape index (κ3) is 6.32. The number of rotatable bonds is 8. The molecule has 1 aromatic rings. The molecule has 0 saturated heterocycles. The average Bonchev–Trinajstić information content (AvgIpc) is 2.58. The molecular formula is C18H28N2O3. The molecule has 0 spiro atoms. The molecule has 0 fully saturated rings. The molecule has 0 aliphatic carbocycles. The molecule has 23 heavy (non-hydrogen) atoms. The smallest absolute Gasteiger partial charge is 0.237 e. The van der Waals surface area contributed by atoms with Gasteiger partial charge in [-0.3, -0.25) is 14.5 Å². The first-order chi connectivity index (χ1) is 11.0. The minimum absolute atomic E-state index is 0.124. The van der Waals surface area contributed by atoms with E-state index in [0.717, 1.165) is 23.7 Å². The maximum Gasteiger partial charge on any atom is 0.237 e. The van der Waals surface area contributed by atoms with Gasteiger partial charge in [-0.15, -0.1) is 0 Å². The summed E-state index contributed by atoms with van der Waals surface area (Å²) in [6, 6.07) is 5.16. The summed E-state index contributed by atoms with van der Waals surface area (Å²) in [4.78, 5) is 35.5. The van der Waals surface area contributed by atoms with Crippen LogP contribution in [0.3, 0.4) is 0 Å². The Morgan fingerprint density at radius 1 is 1.30 bits per heavy atom. The summed E-state index contributed by atoms with van der Waals surface area (Å²) in [6.07, 6.45) is 2.43. The highest BCUT2D eigenvalue weighted by Gasteiger charge is 2.22. The predicted octanol–water partition coefficient (Wildman–Crippen LogP) is 2.36. The second-order valence-corrected chi connectivity index (χ2v) is 5.05. The van der Waals surface area contributed by atoms with E-state index < -0.39 is 0 Å². The van der Waals surface area contributed by atoms with E-state index in [0.29, 0.717) is 24.9 Å². The lowest BCUT2D eigenvalue weighted by Gasteiger charge is -2.27. The second-order valence-electron chi connectivity index (χ2n) is 5.05. The number of nitrogens with zero attached hydrogens (tertiary/aromatic N) is 1. The highest BCUT2D eigenvalue weighted by atomic mass is 16.2. The summed E-state index contributed by atoms with van der Waals surface area (Å²) in [5.41, 5.74) is 2.56. The maximum atomic E-state index is 12.0. The number of benzene rings is 1. The number of hydrogen-bond donors (Lipinski definition) is 1. The molecule has 0 aliphatic heterocycles. The van der Waals surface area contributed by atoms with E-state index in [1.807, 2.05) is 44.9 Å². The zero-order valence-corrected chi connectivity index (χ0v) is 14.8. The molecule has 1 aromatic carbocycles. The van der Waals surface area contributed by atoms with Crippen molar-refractivity contribution < 1.29 is 14.4 Å². The fourth-order valence-electron chi connectivity index (χ4n) is 2.36. The highest BCUT2D eigenvalue weighted by molar-refractivity contribution is 5.82. The Bertz CT molecular complexity index is 515. The Morgan fingerprint density at radius 3 is 2.48 bits per heavy atom. The number of aldehydes is 2. The molecule has 1 unspecified atom stereocenters. The van der Waals surface area contributed by atoms with Crippen molar-refractivity contribution >= 4 is 18.5 Å². The lowest BCUT2D eigenvalue weighted by Crippen LogP contribution is -2.43. The van der Waals surface area contributed by atoms with Gasteiger partial charge < -0.3 is 10.1 Å². The fourth-order valence-corrected chi connectivity index (χ4v) is 2.36. The van der Waals surface area contributed by atoms with Crippen LogP contribution in [-0.2, 0) is 16.1 Å². The first-order valence-corrected chi connectivity index (χ1v) is 7.94. The summed E-state index contributed by atoms with van der Waals surface area (Å²) < 4.78 is 0. The lowest BCUT2D eigenvalue weighted by molar-refractivity contribution is -0.126. The van der Waals surface area contributed by atoms with Gasteiger partial charge >= 0.3 is 0 Å². The Labute approximate surface area is 139 Å². The number of carbonyl (C=O) groups excluding carboxylic acids is 3. The summed E-state index contributed by atoms with van der Waals surface area (Å²) in [5, 5.41) is 2.62. The highest BCUT2D eigenvalue weighted by Crippen LogP contribution is 2.17. The maximum absolute atomic E-state index is 12.0. The average molecular weight is 320 g/mol. The molecule has 0 radical (unpaired) electrons. The van der Waals surface area contributed by atoms with Gasteiger partial charge in [0, 0.05) is 25.6 Å². The SMILES string of the molecule is CC.CNC(=O)C(CCC=O)N(C)Cc1c(C)cccc1C=O. The van der Waals surface area contributed by atoms with Crippen LogP contribution in [0.1, 0.15) is 48.2 Å². The van der Waals surface area contributed by atoms with Gasteiger partial charge in [-0.05, 0) is 31.5 Å². The molecule has 0 aliphatic rings. The monoisotopic (exact) mass is 320 g/mol. The Balaban J connectivity index is 0.00000232. The van der Waals surface area contributed by atoms with Crippen molar-refractivity contribution in [3.8, 4) is 0 Å². The topological polar surface area (TPSA) is 66.5 Å². The van der Waals surface area contributed by atoms with Crippen molar-refractivity contribution in [1.29, 1.82) is 0 Å². The van der Waals surface area contributed by atoms with Crippen molar-refractivity contribution in [2.24, 2.45) is 0 Å². The van der Waals surface area contributed by atoms with E-state index in [1.54, 1.807) is 13.1 Å². The molecule has 128 valence electrons. The number of aryl methyl sites for hydroxylation is 1. The van der Waals surface area contributed by atoms with E-state index in [2.05, 4.69) is 5.32 Å². The van der Waals surface area contributed by atoms with Gasteiger partial charge in [-0.2, -0.15) is 0 Å². The van der Waals surface area contributed by atoms with Crippen molar-refractivity contribution in [3.05, 3.63) is 34.9 Å². The van der Waals surface area contributed by atoms with Gasteiger partial charge in [-0.1, -0.05) is 32.0 Å². The van der Waals surface area contributed by atoms with Crippen LogP contribution in [0.2, 0.25) is 0 Å². The molecule has 0 heterocycles. The third-order valence-corrected chi connectivity index (χ3v) is 3.62. The van der Waals surface area contributed by atoms with Crippen molar-refractivity contribution in [2.45, 2.75) is 46.2 Å². The van der Waals surface area contributed by atoms with Crippen LogP contribution < -0.4 is 5.32 Å². The standard InChI is InChI=1S/C16H22N2O3.C2H6/c1-12-6-4-7-13(11-20)14(12)10-18(3)15(8-5-9-19)16(21)17-2;1-2/h4,6-7,9,11,15H,5,8,10H2,1-3H3,(H,17,21);1-2H3. The van der Waals surface area contributed by atoms with Gasteiger partial charge in [0.1, 0.15) is 12.6 Å². The lowest BCUT2D eigenvalue weighted by atomic mass is 10.0. The minimum Gasteiger partial charge on any atom is -0.358 e. The number of likely N-dealkylation sites (N-methyl/N-ethyl adjacent to an activating group) is 2. The quantitative estimate of drug-likeness (QED) is 0.747. The van der Waals surface area contributed by atoms with E-state index in [9.17, 15) is 14.4 Å². The number of hydrogen-bond acceptors (Lipinski definition) is 4. The normalized spacial score (nSPS) is 11.2. The van der Waals surface area contributed by atoms with Crippen LogP contribution >= 0.6 is 0 Å². The van der Waals surface area contributed by atoms with Gasteiger partial charge in [-0.25, -0.2) is 0 Å². The first-order valence-electron chi connectivity index (χ1n) is 7.94. The molecule has 0 saturated carbocycles. The van der Waals surface area contributed by atoms with E-state index >= 15 is 0 Å². The molecule has 5 nitrogen and oxygen atoms in total. The molecule has 1 rings (SSSR count). The molecule has 1 N–H and O–H groups in total.